The Bertz CT molecular complexity index is 1160. The number of aliphatic carboxylic acids is 1. The van der Waals surface area contributed by atoms with Gasteiger partial charge >= 0.3 is 5.97 Å². The fourth-order valence-corrected chi connectivity index (χ4v) is 4.06. The molecule has 38 heavy (non-hydrogen) atoms. The number of carboxylic acids is 1. The highest BCUT2D eigenvalue weighted by molar-refractivity contribution is 5.96. The zero-order valence-corrected chi connectivity index (χ0v) is 22.1. The van der Waals surface area contributed by atoms with E-state index in [1.165, 1.54) is 0 Å². The molecule has 0 radical (unpaired) electrons. The lowest BCUT2D eigenvalue weighted by atomic mass is 10.00. The van der Waals surface area contributed by atoms with Crippen molar-refractivity contribution in [3.8, 4) is 0 Å². The SMILES string of the molecule is CC(C)CC(NC(=O)C(N)Cc1c[nH]c2ccccc12)C(=O)NC(CC(N)=O)C(=O)NC(C(=O)O)C(C)C. The van der Waals surface area contributed by atoms with Crippen LogP contribution in [0.2, 0.25) is 0 Å². The lowest BCUT2D eigenvalue weighted by Crippen LogP contribution is -2.58. The van der Waals surface area contributed by atoms with Gasteiger partial charge in [0.1, 0.15) is 18.1 Å². The van der Waals surface area contributed by atoms with Crippen molar-refractivity contribution in [1.29, 1.82) is 0 Å². The summed E-state index contributed by atoms with van der Waals surface area (Å²) in [4.78, 5) is 65.1. The number of hydrogen-bond donors (Lipinski definition) is 7. The molecule has 1 aromatic heterocycles. The van der Waals surface area contributed by atoms with Crippen LogP contribution in [0.4, 0.5) is 0 Å². The van der Waals surface area contributed by atoms with Gasteiger partial charge in [-0.15, -0.1) is 0 Å². The number of carbonyl (C=O) groups is 5. The van der Waals surface area contributed by atoms with Gasteiger partial charge in [-0.1, -0.05) is 45.9 Å². The van der Waals surface area contributed by atoms with Gasteiger partial charge in [0.05, 0.1) is 12.5 Å². The summed E-state index contributed by atoms with van der Waals surface area (Å²) in [5, 5.41) is 17.7. The van der Waals surface area contributed by atoms with Crippen molar-refractivity contribution in [1.82, 2.24) is 20.9 Å². The van der Waals surface area contributed by atoms with E-state index in [2.05, 4.69) is 20.9 Å². The van der Waals surface area contributed by atoms with Crippen molar-refractivity contribution >= 4 is 40.5 Å². The molecule has 2 rings (SSSR count). The smallest absolute Gasteiger partial charge is 0.326 e. The Labute approximate surface area is 221 Å². The second-order valence-electron chi connectivity index (χ2n) is 10.2. The van der Waals surface area contributed by atoms with Gasteiger partial charge in [0.2, 0.25) is 23.6 Å². The van der Waals surface area contributed by atoms with Gasteiger partial charge in [0, 0.05) is 17.1 Å². The van der Waals surface area contributed by atoms with E-state index < -0.39 is 66.1 Å². The monoisotopic (exact) mass is 530 g/mol. The summed E-state index contributed by atoms with van der Waals surface area (Å²) in [5.41, 5.74) is 13.2. The van der Waals surface area contributed by atoms with Crippen LogP contribution in [0.15, 0.2) is 30.5 Å². The predicted octanol–water partition coefficient (Wildman–Crippen LogP) is 0.154. The maximum atomic E-state index is 13.2. The lowest BCUT2D eigenvalue weighted by Gasteiger charge is -2.26. The molecule has 0 aliphatic rings. The minimum atomic E-state index is -1.42. The molecule has 0 fully saturated rings. The highest BCUT2D eigenvalue weighted by atomic mass is 16.4. The van der Waals surface area contributed by atoms with Crippen molar-refractivity contribution in [3.63, 3.8) is 0 Å². The zero-order chi connectivity index (χ0) is 28.6. The van der Waals surface area contributed by atoms with Crippen LogP contribution in [0.1, 0.15) is 46.1 Å². The average molecular weight is 531 g/mol. The number of nitrogens with two attached hydrogens (primary N) is 2. The van der Waals surface area contributed by atoms with Gasteiger partial charge in [-0.2, -0.15) is 0 Å². The second-order valence-corrected chi connectivity index (χ2v) is 10.2. The second kappa shape index (κ2) is 13.6. The molecule has 0 aliphatic heterocycles. The number of primary amides is 1. The first kappa shape index (κ1) is 30.3. The molecule has 0 saturated heterocycles. The van der Waals surface area contributed by atoms with Crippen LogP contribution >= 0.6 is 0 Å². The van der Waals surface area contributed by atoms with Gasteiger partial charge in [0.15, 0.2) is 0 Å². The molecule has 0 saturated carbocycles. The Kier molecular flexibility index (Phi) is 10.8. The third-order valence-corrected chi connectivity index (χ3v) is 6.06. The highest BCUT2D eigenvalue weighted by Crippen LogP contribution is 2.19. The lowest BCUT2D eigenvalue weighted by molar-refractivity contribution is -0.143. The van der Waals surface area contributed by atoms with Crippen LogP contribution in [-0.4, -0.2) is 63.9 Å². The molecule has 4 amide bonds. The number of benzene rings is 1. The molecule has 2 aromatic rings. The maximum absolute atomic E-state index is 13.2. The highest BCUT2D eigenvalue weighted by Gasteiger charge is 2.32. The quantitative estimate of drug-likeness (QED) is 0.180. The summed E-state index contributed by atoms with van der Waals surface area (Å²) in [6, 6.07) is 2.93. The normalized spacial score (nSPS) is 14.5. The molecular formula is C26H38N6O6. The minimum absolute atomic E-state index is 0.0170. The first-order valence-corrected chi connectivity index (χ1v) is 12.5. The van der Waals surface area contributed by atoms with Gasteiger partial charge < -0.3 is 37.5 Å². The van der Waals surface area contributed by atoms with Crippen LogP contribution in [0.5, 0.6) is 0 Å². The van der Waals surface area contributed by atoms with E-state index in [1.807, 2.05) is 38.1 Å². The minimum Gasteiger partial charge on any atom is -0.480 e. The summed E-state index contributed by atoms with van der Waals surface area (Å²) >= 11 is 0. The first-order chi connectivity index (χ1) is 17.8. The Balaban J connectivity index is 2.14. The third kappa shape index (κ3) is 8.58. The molecule has 4 atom stereocenters. The number of para-hydroxylation sites is 1. The summed E-state index contributed by atoms with van der Waals surface area (Å²) in [6.07, 6.45) is 1.69. The number of amides is 4. The van der Waals surface area contributed by atoms with E-state index in [0.717, 1.165) is 16.5 Å². The Morgan fingerprint density at radius 2 is 1.53 bits per heavy atom. The zero-order valence-electron chi connectivity index (χ0n) is 22.1. The van der Waals surface area contributed by atoms with E-state index in [9.17, 15) is 29.1 Å². The number of aromatic amines is 1. The number of carboxylic acid groups (broad SMARTS) is 1. The maximum Gasteiger partial charge on any atom is 0.326 e. The van der Waals surface area contributed by atoms with Crippen LogP contribution in [-0.2, 0) is 30.4 Å². The predicted molar refractivity (Wildman–Crippen MR) is 142 cm³/mol. The molecule has 0 spiro atoms. The summed E-state index contributed by atoms with van der Waals surface area (Å²) in [5.74, 6) is -4.74. The van der Waals surface area contributed by atoms with Gasteiger partial charge in [-0.25, -0.2) is 4.79 Å². The number of H-pyrrole nitrogens is 1. The van der Waals surface area contributed by atoms with Crippen molar-refractivity contribution in [2.24, 2.45) is 23.3 Å². The molecular weight excluding hydrogens is 492 g/mol. The van der Waals surface area contributed by atoms with Crippen LogP contribution < -0.4 is 27.4 Å². The fourth-order valence-electron chi connectivity index (χ4n) is 4.06. The van der Waals surface area contributed by atoms with E-state index in [4.69, 9.17) is 11.5 Å². The van der Waals surface area contributed by atoms with Crippen LogP contribution in [0.25, 0.3) is 10.9 Å². The number of rotatable bonds is 14. The van der Waals surface area contributed by atoms with Crippen molar-refractivity contribution < 1.29 is 29.1 Å². The number of hydrogen-bond acceptors (Lipinski definition) is 6. The van der Waals surface area contributed by atoms with Gasteiger partial charge in [0.25, 0.3) is 0 Å². The summed E-state index contributed by atoms with van der Waals surface area (Å²) < 4.78 is 0. The van der Waals surface area contributed by atoms with E-state index in [-0.39, 0.29) is 18.8 Å². The molecule has 12 heteroatoms. The Morgan fingerprint density at radius 1 is 0.921 bits per heavy atom. The van der Waals surface area contributed by atoms with Gasteiger partial charge in [-0.05, 0) is 36.3 Å². The molecule has 12 nitrogen and oxygen atoms in total. The Morgan fingerprint density at radius 3 is 2.11 bits per heavy atom. The van der Waals surface area contributed by atoms with Crippen LogP contribution in [0.3, 0.4) is 0 Å². The van der Waals surface area contributed by atoms with E-state index >= 15 is 0 Å². The molecule has 0 bridgehead atoms. The summed E-state index contributed by atoms with van der Waals surface area (Å²) in [6.45, 7) is 6.92. The number of nitrogens with one attached hydrogen (secondary N) is 4. The standard InChI is InChI=1S/C26H38N6O6/c1-13(2)9-19(30-23(34)17(27)10-15-12-29-18-8-6-5-7-16(15)18)24(35)31-20(11-21(28)33)25(36)32-22(14(3)4)26(37)38/h5-8,12-14,17,19-20,22,29H,9-11,27H2,1-4H3,(H2,28,33)(H,30,34)(H,31,35)(H,32,36)(H,37,38). The van der Waals surface area contributed by atoms with Crippen LogP contribution in [0, 0.1) is 11.8 Å². The largest absolute Gasteiger partial charge is 0.480 e. The third-order valence-electron chi connectivity index (χ3n) is 6.06. The number of aromatic nitrogens is 1. The first-order valence-electron chi connectivity index (χ1n) is 12.5. The molecule has 4 unspecified atom stereocenters. The van der Waals surface area contributed by atoms with Crippen molar-refractivity contribution in [3.05, 3.63) is 36.0 Å². The fraction of sp³-hybridized carbons (Fsp3) is 0.500. The van der Waals surface area contributed by atoms with Crippen molar-refractivity contribution in [2.75, 3.05) is 0 Å². The van der Waals surface area contributed by atoms with Crippen molar-refractivity contribution in [2.45, 2.75) is 71.1 Å². The molecule has 1 heterocycles. The Hall–Kier alpha value is -3.93. The molecule has 1 aromatic carbocycles. The molecule has 208 valence electrons. The van der Waals surface area contributed by atoms with E-state index in [0.29, 0.717) is 0 Å². The molecule has 0 aliphatic carbocycles. The number of carbonyl (C=O) groups excluding carboxylic acids is 4. The topological polar surface area (TPSA) is 209 Å². The van der Waals surface area contributed by atoms with E-state index in [1.54, 1.807) is 20.0 Å². The molecule has 9 N–H and O–H groups in total. The number of fused-ring (bicyclic) bond motifs is 1. The summed E-state index contributed by atoms with van der Waals surface area (Å²) in [7, 11) is 0. The average Bonchev–Trinajstić information content (AvgIpc) is 3.23. The van der Waals surface area contributed by atoms with Gasteiger partial charge in [-0.3, -0.25) is 19.2 Å².